The van der Waals surface area contributed by atoms with E-state index in [1.807, 2.05) is 18.2 Å². The molecular weight excluding hydrogens is 388 g/mol. The number of amides is 1. The van der Waals surface area contributed by atoms with E-state index in [9.17, 15) is 4.79 Å². The number of aryl methyl sites for hydroxylation is 1. The van der Waals surface area contributed by atoms with E-state index in [0.29, 0.717) is 23.8 Å². The summed E-state index contributed by atoms with van der Waals surface area (Å²) < 4.78 is 17.1. The van der Waals surface area contributed by atoms with Crippen LogP contribution in [0.2, 0.25) is 0 Å². The molecule has 2 aromatic carbocycles. The second kappa shape index (κ2) is 9.93. The van der Waals surface area contributed by atoms with Crippen LogP contribution in [0, 0.1) is 0 Å². The van der Waals surface area contributed by atoms with E-state index >= 15 is 0 Å². The standard InChI is InChI=1S/C22H24N2O4S/c1-26-17-13-15(14-18(27-2)22(17)28-3)10-11-20(25)23-12-6-9-21-24-16-7-4-5-8-19(16)29-21/h4-5,7-8,10-11,13-14H,6,9,12H2,1-3H3,(H,23,25)/b11-10+. The number of benzene rings is 2. The van der Waals surface area contributed by atoms with Crippen molar-refractivity contribution in [1.29, 1.82) is 0 Å². The van der Waals surface area contributed by atoms with Gasteiger partial charge in [-0.15, -0.1) is 11.3 Å². The van der Waals surface area contributed by atoms with Gasteiger partial charge in [-0.1, -0.05) is 12.1 Å². The van der Waals surface area contributed by atoms with Gasteiger partial charge in [0.2, 0.25) is 11.7 Å². The lowest BCUT2D eigenvalue weighted by atomic mass is 10.1. The Hall–Kier alpha value is -3.06. The first kappa shape index (κ1) is 20.7. The largest absolute Gasteiger partial charge is 0.493 e. The fraction of sp³-hybridized carbons (Fsp3) is 0.273. The van der Waals surface area contributed by atoms with Crippen molar-refractivity contribution in [3.05, 3.63) is 53.0 Å². The Bertz CT molecular complexity index is 955. The van der Waals surface area contributed by atoms with E-state index in [4.69, 9.17) is 14.2 Å². The Morgan fingerprint density at radius 3 is 2.48 bits per heavy atom. The third-order valence-corrected chi connectivity index (χ3v) is 5.42. The molecule has 0 spiro atoms. The van der Waals surface area contributed by atoms with Gasteiger partial charge in [0.05, 0.1) is 36.6 Å². The summed E-state index contributed by atoms with van der Waals surface area (Å²) in [7, 11) is 4.67. The van der Waals surface area contributed by atoms with Gasteiger partial charge in [-0.25, -0.2) is 4.98 Å². The number of rotatable bonds is 9. The highest BCUT2D eigenvalue weighted by Gasteiger charge is 2.12. The number of para-hydroxylation sites is 1. The van der Waals surface area contributed by atoms with Crippen LogP contribution in [0.5, 0.6) is 17.2 Å². The van der Waals surface area contributed by atoms with Crippen molar-refractivity contribution in [3.8, 4) is 17.2 Å². The molecule has 0 radical (unpaired) electrons. The fourth-order valence-electron chi connectivity index (χ4n) is 2.91. The van der Waals surface area contributed by atoms with Crippen molar-refractivity contribution in [2.24, 2.45) is 0 Å². The van der Waals surface area contributed by atoms with Gasteiger partial charge in [0.25, 0.3) is 0 Å². The number of ether oxygens (including phenoxy) is 3. The highest BCUT2D eigenvalue weighted by molar-refractivity contribution is 7.18. The molecule has 3 aromatic rings. The lowest BCUT2D eigenvalue weighted by molar-refractivity contribution is -0.116. The minimum absolute atomic E-state index is 0.150. The van der Waals surface area contributed by atoms with Crippen LogP contribution in [-0.4, -0.2) is 38.8 Å². The van der Waals surface area contributed by atoms with Gasteiger partial charge in [-0.2, -0.15) is 0 Å². The number of hydrogen-bond acceptors (Lipinski definition) is 6. The number of fused-ring (bicyclic) bond motifs is 1. The molecule has 6 nitrogen and oxygen atoms in total. The van der Waals surface area contributed by atoms with Crippen LogP contribution < -0.4 is 19.5 Å². The molecule has 1 heterocycles. The Labute approximate surface area is 174 Å². The first-order chi connectivity index (χ1) is 14.1. The second-order valence-electron chi connectivity index (χ2n) is 6.26. The highest BCUT2D eigenvalue weighted by atomic mass is 32.1. The third-order valence-electron chi connectivity index (χ3n) is 4.32. The van der Waals surface area contributed by atoms with Crippen LogP contribution in [-0.2, 0) is 11.2 Å². The smallest absolute Gasteiger partial charge is 0.243 e. The van der Waals surface area contributed by atoms with Gasteiger partial charge in [-0.05, 0) is 42.3 Å². The number of hydrogen-bond donors (Lipinski definition) is 1. The molecule has 7 heteroatoms. The average Bonchev–Trinajstić information content (AvgIpc) is 3.17. The molecule has 0 saturated carbocycles. The predicted octanol–water partition coefficient (Wildman–Crippen LogP) is 4.08. The molecule has 0 bridgehead atoms. The Kier molecular flexibility index (Phi) is 7.08. The van der Waals surface area contributed by atoms with Crippen LogP contribution >= 0.6 is 11.3 Å². The molecule has 0 aliphatic heterocycles. The molecule has 1 aromatic heterocycles. The van der Waals surface area contributed by atoms with Crippen LogP contribution in [0.3, 0.4) is 0 Å². The first-order valence-electron chi connectivity index (χ1n) is 9.25. The SMILES string of the molecule is COc1cc(/C=C/C(=O)NCCCc2nc3ccccc3s2)cc(OC)c1OC. The van der Waals surface area contributed by atoms with Crippen molar-refractivity contribution in [2.45, 2.75) is 12.8 Å². The van der Waals surface area contributed by atoms with E-state index in [2.05, 4.69) is 16.4 Å². The Morgan fingerprint density at radius 1 is 1.10 bits per heavy atom. The number of thiazole rings is 1. The first-order valence-corrected chi connectivity index (χ1v) is 10.1. The number of methoxy groups -OCH3 is 3. The molecule has 3 rings (SSSR count). The minimum atomic E-state index is -0.150. The van der Waals surface area contributed by atoms with E-state index in [1.165, 1.54) is 10.8 Å². The molecule has 0 saturated heterocycles. The van der Waals surface area contributed by atoms with Gasteiger partial charge in [0.15, 0.2) is 11.5 Å². The van der Waals surface area contributed by atoms with Crippen molar-refractivity contribution in [3.63, 3.8) is 0 Å². The molecule has 0 atom stereocenters. The van der Waals surface area contributed by atoms with Crippen molar-refractivity contribution in [2.75, 3.05) is 27.9 Å². The molecule has 29 heavy (non-hydrogen) atoms. The molecule has 152 valence electrons. The third kappa shape index (κ3) is 5.26. The molecule has 1 amide bonds. The van der Waals surface area contributed by atoms with Crippen LogP contribution in [0.1, 0.15) is 17.0 Å². The lowest BCUT2D eigenvalue weighted by Crippen LogP contribution is -2.22. The average molecular weight is 413 g/mol. The van der Waals surface area contributed by atoms with Crippen LogP contribution in [0.4, 0.5) is 0 Å². The maximum atomic E-state index is 12.1. The summed E-state index contributed by atoms with van der Waals surface area (Å²) in [6.07, 6.45) is 4.89. The molecule has 0 aliphatic carbocycles. The van der Waals surface area contributed by atoms with Crippen LogP contribution in [0.25, 0.3) is 16.3 Å². The maximum Gasteiger partial charge on any atom is 0.243 e. The summed E-state index contributed by atoms with van der Waals surface area (Å²) in [5, 5.41) is 3.99. The van der Waals surface area contributed by atoms with Gasteiger partial charge < -0.3 is 19.5 Å². The molecule has 1 N–H and O–H groups in total. The minimum Gasteiger partial charge on any atom is -0.493 e. The summed E-state index contributed by atoms with van der Waals surface area (Å²) in [6.45, 7) is 0.592. The van der Waals surface area contributed by atoms with Crippen molar-refractivity contribution in [1.82, 2.24) is 10.3 Å². The lowest BCUT2D eigenvalue weighted by Gasteiger charge is -2.12. The number of aromatic nitrogens is 1. The van der Waals surface area contributed by atoms with Gasteiger partial charge in [0.1, 0.15) is 0 Å². The number of carbonyl (C=O) groups is 1. The quantitative estimate of drug-likeness (QED) is 0.424. The second-order valence-corrected chi connectivity index (χ2v) is 7.38. The van der Waals surface area contributed by atoms with E-state index in [1.54, 1.807) is 50.9 Å². The summed E-state index contributed by atoms with van der Waals surface area (Å²) in [5.41, 5.74) is 1.81. The highest BCUT2D eigenvalue weighted by Crippen LogP contribution is 2.38. The Morgan fingerprint density at radius 2 is 1.83 bits per heavy atom. The van der Waals surface area contributed by atoms with E-state index in [-0.39, 0.29) is 5.91 Å². The zero-order chi connectivity index (χ0) is 20.6. The monoisotopic (exact) mass is 412 g/mol. The summed E-state index contributed by atoms with van der Waals surface area (Å²) in [4.78, 5) is 16.7. The zero-order valence-corrected chi connectivity index (χ0v) is 17.5. The van der Waals surface area contributed by atoms with Crippen molar-refractivity contribution < 1.29 is 19.0 Å². The summed E-state index contributed by atoms with van der Waals surface area (Å²) in [5.74, 6) is 1.46. The topological polar surface area (TPSA) is 69.7 Å². The maximum absolute atomic E-state index is 12.1. The number of nitrogens with one attached hydrogen (secondary N) is 1. The molecule has 0 aliphatic rings. The van der Waals surface area contributed by atoms with E-state index in [0.717, 1.165) is 28.9 Å². The predicted molar refractivity (Wildman–Crippen MR) is 116 cm³/mol. The normalized spacial score (nSPS) is 11.0. The number of carbonyl (C=O) groups excluding carboxylic acids is 1. The summed E-state index contributed by atoms with van der Waals surface area (Å²) >= 11 is 1.70. The Balaban J connectivity index is 1.51. The summed E-state index contributed by atoms with van der Waals surface area (Å²) in [6, 6.07) is 11.7. The molecule has 0 unspecified atom stereocenters. The molecular formula is C22H24N2O4S. The van der Waals surface area contributed by atoms with Gasteiger partial charge >= 0.3 is 0 Å². The molecule has 0 fully saturated rings. The zero-order valence-electron chi connectivity index (χ0n) is 16.7. The van der Waals surface area contributed by atoms with Gasteiger partial charge in [-0.3, -0.25) is 4.79 Å². The van der Waals surface area contributed by atoms with Crippen molar-refractivity contribution >= 4 is 33.5 Å². The van der Waals surface area contributed by atoms with Gasteiger partial charge in [0, 0.05) is 19.0 Å². The van der Waals surface area contributed by atoms with Crippen LogP contribution in [0.15, 0.2) is 42.5 Å². The fourth-order valence-corrected chi connectivity index (χ4v) is 3.92. The van der Waals surface area contributed by atoms with E-state index < -0.39 is 0 Å². The number of nitrogens with zero attached hydrogens (tertiary/aromatic N) is 1.